The first-order chi connectivity index (χ1) is 21.1. The second kappa shape index (κ2) is 11.4. The van der Waals surface area contributed by atoms with Gasteiger partial charge in [0.25, 0.3) is 0 Å². The highest BCUT2D eigenvalue weighted by Gasteiger charge is 2.42. The summed E-state index contributed by atoms with van der Waals surface area (Å²) in [5, 5.41) is 4.18. The average molecular weight is 607 g/mol. The standard InChI is InChI=1S/C39H28OP2S/c40-41(30-17-5-1-6-18-30,31-19-7-2-8-20-31)39(42(43,32-21-9-3-10-22-32)33-23-11-4-12-24-33)29-38-36-27-15-13-25-34(36)35-26-14-16-28-37(35)38/h1-28H. The summed E-state index contributed by atoms with van der Waals surface area (Å²) >= 11 is 6.96. The van der Waals surface area contributed by atoms with Gasteiger partial charge in [0.15, 0.2) is 7.14 Å². The Morgan fingerprint density at radius 3 is 1.09 bits per heavy atom. The summed E-state index contributed by atoms with van der Waals surface area (Å²) in [5.74, 6) is 0. The van der Waals surface area contributed by atoms with E-state index < -0.39 is 13.2 Å². The van der Waals surface area contributed by atoms with E-state index in [2.05, 4.69) is 78.5 Å². The lowest BCUT2D eigenvalue weighted by Crippen LogP contribution is -2.23. The van der Waals surface area contributed by atoms with Crippen LogP contribution in [0.25, 0.3) is 16.7 Å². The van der Waals surface area contributed by atoms with Crippen molar-refractivity contribution in [1.82, 2.24) is 0 Å². The van der Waals surface area contributed by atoms with E-state index in [-0.39, 0.29) is 0 Å². The molecule has 0 saturated heterocycles. The molecule has 6 aromatic carbocycles. The van der Waals surface area contributed by atoms with Gasteiger partial charge in [-0.3, -0.25) is 0 Å². The van der Waals surface area contributed by atoms with Crippen LogP contribution in [0.5, 0.6) is 0 Å². The summed E-state index contributed by atoms with van der Waals surface area (Å²) in [5.41, 5.74) is 9.33. The molecular formula is C39H28OP2S. The zero-order valence-corrected chi connectivity index (χ0v) is 26.0. The van der Waals surface area contributed by atoms with Crippen LogP contribution in [0.1, 0.15) is 11.1 Å². The number of hydrogen-bond donors (Lipinski definition) is 0. The van der Waals surface area contributed by atoms with Gasteiger partial charge < -0.3 is 4.57 Å². The SMILES string of the molecule is O=P(C(=C=C1c2ccccc2-c2ccccc21)P(=S)(c1ccccc1)c1ccccc1)(c1ccccc1)c1ccccc1. The highest BCUT2D eigenvalue weighted by atomic mass is 32.4. The quantitative estimate of drug-likeness (QED) is 0.139. The maximum absolute atomic E-state index is 16.4. The number of fused-ring (bicyclic) bond motifs is 3. The molecule has 0 radical (unpaired) electrons. The maximum atomic E-state index is 16.4. The molecule has 1 aliphatic carbocycles. The molecule has 0 bridgehead atoms. The lowest BCUT2D eigenvalue weighted by molar-refractivity contribution is 0.591. The van der Waals surface area contributed by atoms with Gasteiger partial charge in [0.05, 0.1) is 5.06 Å². The van der Waals surface area contributed by atoms with Crippen molar-refractivity contribution in [2.45, 2.75) is 0 Å². The van der Waals surface area contributed by atoms with Crippen molar-refractivity contribution in [3.8, 4) is 11.1 Å². The molecule has 0 N–H and O–H groups in total. The summed E-state index contributed by atoms with van der Waals surface area (Å²) in [6.45, 7) is 0. The fraction of sp³-hybridized carbons (Fsp3) is 0. The van der Waals surface area contributed by atoms with Gasteiger partial charge in [-0.1, -0.05) is 187 Å². The van der Waals surface area contributed by atoms with Crippen molar-refractivity contribution < 1.29 is 4.57 Å². The van der Waals surface area contributed by atoms with E-state index in [4.69, 9.17) is 11.8 Å². The third-order valence-corrected chi connectivity index (χ3v) is 17.5. The Bertz CT molecular complexity index is 1860. The van der Waals surface area contributed by atoms with Crippen molar-refractivity contribution in [3.63, 3.8) is 0 Å². The summed E-state index contributed by atoms with van der Waals surface area (Å²) < 4.78 is 16.4. The number of benzene rings is 6. The second-order valence-corrected chi connectivity index (χ2v) is 17.9. The van der Waals surface area contributed by atoms with Crippen LogP contribution in [0, 0.1) is 0 Å². The lowest BCUT2D eigenvalue weighted by atomic mass is 10.1. The Morgan fingerprint density at radius 1 is 0.419 bits per heavy atom. The second-order valence-electron chi connectivity index (χ2n) is 10.5. The van der Waals surface area contributed by atoms with Crippen molar-refractivity contribution >= 4 is 51.8 Å². The Hall–Kier alpha value is -4.28. The minimum atomic E-state index is -3.53. The topological polar surface area (TPSA) is 17.1 Å². The molecule has 0 atom stereocenters. The van der Waals surface area contributed by atoms with Gasteiger partial charge >= 0.3 is 0 Å². The van der Waals surface area contributed by atoms with Crippen molar-refractivity contribution in [2.24, 2.45) is 0 Å². The zero-order valence-electron chi connectivity index (χ0n) is 23.4. The molecule has 1 nitrogen and oxygen atoms in total. The lowest BCUT2D eigenvalue weighted by Gasteiger charge is -2.31. The first-order valence-electron chi connectivity index (χ1n) is 14.3. The van der Waals surface area contributed by atoms with Crippen LogP contribution >= 0.6 is 13.2 Å². The minimum absolute atomic E-state index is 0.686. The number of hydrogen-bond acceptors (Lipinski definition) is 2. The van der Waals surface area contributed by atoms with E-state index in [9.17, 15) is 0 Å². The van der Waals surface area contributed by atoms with Crippen LogP contribution in [0.2, 0.25) is 0 Å². The van der Waals surface area contributed by atoms with E-state index in [1.54, 1.807) is 0 Å². The predicted molar refractivity (Wildman–Crippen MR) is 188 cm³/mol. The minimum Gasteiger partial charge on any atom is -0.308 e. The van der Waals surface area contributed by atoms with Gasteiger partial charge in [-0.05, 0) is 32.9 Å². The van der Waals surface area contributed by atoms with Crippen LogP contribution in [-0.2, 0) is 16.4 Å². The van der Waals surface area contributed by atoms with Crippen LogP contribution in [0.4, 0.5) is 0 Å². The molecule has 0 aliphatic heterocycles. The fourth-order valence-corrected chi connectivity index (χ4v) is 15.3. The van der Waals surface area contributed by atoms with Gasteiger partial charge in [-0.2, -0.15) is 0 Å². The molecule has 0 unspecified atom stereocenters. The Morgan fingerprint density at radius 2 is 0.721 bits per heavy atom. The Labute approximate surface area is 258 Å². The van der Waals surface area contributed by atoms with Crippen molar-refractivity contribution in [3.05, 3.63) is 192 Å². The number of rotatable bonds is 6. The Balaban J connectivity index is 1.72. The van der Waals surface area contributed by atoms with Crippen LogP contribution in [-0.4, -0.2) is 0 Å². The molecule has 206 valence electrons. The van der Waals surface area contributed by atoms with Crippen molar-refractivity contribution in [2.75, 3.05) is 0 Å². The first kappa shape index (κ1) is 27.5. The first-order valence-corrected chi connectivity index (χ1v) is 18.8. The monoisotopic (exact) mass is 606 g/mol. The maximum Gasteiger partial charge on any atom is 0.180 e. The molecule has 0 spiro atoms. The summed E-state index contributed by atoms with van der Waals surface area (Å²) in [4.78, 5) is 0. The van der Waals surface area contributed by atoms with Crippen LogP contribution < -0.4 is 21.2 Å². The van der Waals surface area contributed by atoms with E-state index >= 15 is 4.57 Å². The van der Waals surface area contributed by atoms with E-state index in [1.807, 2.05) is 97.1 Å². The Kier molecular flexibility index (Phi) is 7.32. The van der Waals surface area contributed by atoms with Crippen LogP contribution in [0.15, 0.2) is 181 Å². The smallest absolute Gasteiger partial charge is 0.180 e. The predicted octanol–water partition coefficient (Wildman–Crippen LogP) is 8.68. The van der Waals surface area contributed by atoms with Crippen molar-refractivity contribution in [1.29, 1.82) is 0 Å². The highest BCUT2D eigenvalue weighted by Crippen LogP contribution is 2.69. The van der Waals surface area contributed by atoms with E-state index in [0.29, 0.717) is 5.06 Å². The summed E-state index contributed by atoms with van der Waals surface area (Å²) in [6.07, 6.45) is 0. The third kappa shape index (κ3) is 4.65. The van der Waals surface area contributed by atoms with Gasteiger partial charge in [0.1, 0.15) is 0 Å². The largest absolute Gasteiger partial charge is 0.308 e. The van der Waals surface area contributed by atoms with Gasteiger partial charge in [-0.15, -0.1) is 0 Å². The molecule has 6 aromatic rings. The molecule has 7 rings (SSSR count). The molecule has 0 heterocycles. The molecule has 0 amide bonds. The van der Waals surface area contributed by atoms with E-state index in [1.165, 1.54) is 0 Å². The molecular weight excluding hydrogens is 578 g/mol. The van der Waals surface area contributed by atoms with Gasteiger partial charge in [-0.25, -0.2) is 0 Å². The molecule has 43 heavy (non-hydrogen) atoms. The van der Waals surface area contributed by atoms with E-state index in [0.717, 1.165) is 49.0 Å². The zero-order chi connectivity index (χ0) is 29.3. The third-order valence-electron chi connectivity index (χ3n) is 8.00. The average Bonchev–Trinajstić information content (AvgIpc) is 3.41. The van der Waals surface area contributed by atoms with Gasteiger partial charge in [0, 0.05) is 22.2 Å². The van der Waals surface area contributed by atoms with Crippen LogP contribution in [0.3, 0.4) is 0 Å². The molecule has 1 aliphatic rings. The summed E-state index contributed by atoms with van der Waals surface area (Å²) in [6, 6.07) is 54.1. The summed E-state index contributed by atoms with van der Waals surface area (Å²) in [7, 11) is -3.53. The molecule has 0 aromatic heterocycles. The molecule has 4 heteroatoms. The molecule has 0 saturated carbocycles. The highest BCUT2D eigenvalue weighted by molar-refractivity contribution is 8.28. The molecule has 0 fully saturated rings. The van der Waals surface area contributed by atoms with Gasteiger partial charge in [0.2, 0.25) is 0 Å². The normalized spacial score (nSPS) is 12.2. The fourth-order valence-electron chi connectivity index (χ4n) is 5.96.